The van der Waals surface area contributed by atoms with Crippen molar-refractivity contribution < 1.29 is 0 Å². The first kappa shape index (κ1) is 14.2. The summed E-state index contributed by atoms with van der Waals surface area (Å²) in [5.41, 5.74) is 1.26. The average molecular weight is 322 g/mol. The van der Waals surface area contributed by atoms with E-state index in [-0.39, 0.29) is 0 Å². The number of thiocarbonyl (C=S) groups is 1. The molecule has 0 unspecified atom stereocenters. The topological polar surface area (TPSA) is 41.9 Å². The van der Waals surface area contributed by atoms with E-state index in [1.165, 1.54) is 29.2 Å². The van der Waals surface area contributed by atoms with Crippen molar-refractivity contribution in [3.8, 4) is 0 Å². The zero-order valence-corrected chi connectivity index (χ0v) is 13.5. The van der Waals surface area contributed by atoms with Crippen molar-refractivity contribution in [2.24, 2.45) is 0 Å². The van der Waals surface area contributed by atoms with Crippen LogP contribution in [0.15, 0.2) is 54.7 Å². The van der Waals surface area contributed by atoms with Gasteiger partial charge in [-0.25, -0.2) is 0 Å². The molecule has 23 heavy (non-hydrogen) atoms. The summed E-state index contributed by atoms with van der Waals surface area (Å²) in [6, 6.07) is 17.3. The second-order valence-electron chi connectivity index (χ2n) is 5.91. The molecule has 0 bridgehead atoms. The van der Waals surface area contributed by atoms with E-state index < -0.39 is 0 Å². The van der Waals surface area contributed by atoms with Gasteiger partial charge in [-0.3, -0.25) is 4.68 Å². The summed E-state index contributed by atoms with van der Waals surface area (Å²) in [6.45, 7) is 0.742. The van der Waals surface area contributed by atoms with Crippen LogP contribution in [0.3, 0.4) is 0 Å². The quantitative estimate of drug-likeness (QED) is 0.721. The highest BCUT2D eigenvalue weighted by Crippen LogP contribution is 2.20. The molecule has 1 aromatic heterocycles. The van der Waals surface area contributed by atoms with Crippen molar-refractivity contribution >= 4 is 33.9 Å². The van der Waals surface area contributed by atoms with Crippen molar-refractivity contribution in [3.05, 3.63) is 60.3 Å². The van der Waals surface area contributed by atoms with Gasteiger partial charge in [0.15, 0.2) is 10.9 Å². The summed E-state index contributed by atoms with van der Waals surface area (Å²) < 4.78 is 1.93. The molecule has 0 amide bonds. The number of nitrogens with zero attached hydrogens (tertiary/aromatic N) is 2. The lowest BCUT2D eigenvalue weighted by Gasteiger charge is -2.08. The lowest BCUT2D eigenvalue weighted by Crippen LogP contribution is -2.30. The highest BCUT2D eigenvalue weighted by molar-refractivity contribution is 7.80. The summed E-state index contributed by atoms with van der Waals surface area (Å²) in [6.07, 6.45) is 4.39. The zero-order chi connectivity index (χ0) is 15.6. The molecule has 1 aliphatic carbocycles. The maximum absolute atomic E-state index is 5.28. The molecule has 1 aliphatic rings. The maximum Gasteiger partial charge on any atom is 0.172 e. The van der Waals surface area contributed by atoms with Crippen molar-refractivity contribution in [2.75, 3.05) is 5.32 Å². The first-order valence-electron chi connectivity index (χ1n) is 7.85. The van der Waals surface area contributed by atoms with Gasteiger partial charge in [-0.2, -0.15) is 5.10 Å². The van der Waals surface area contributed by atoms with Gasteiger partial charge in [0.05, 0.1) is 6.54 Å². The van der Waals surface area contributed by atoms with Crippen molar-refractivity contribution in [2.45, 2.75) is 25.4 Å². The Labute approximate surface area is 140 Å². The summed E-state index contributed by atoms with van der Waals surface area (Å²) >= 11 is 5.28. The first-order valence-corrected chi connectivity index (χ1v) is 8.26. The minimum Gasteiger partial charge on any atom is -0.360 e. The number of rotatable bonds is 4. The number of hydrogen-bond acceptors (Lipinski definition) is 2. The standard InChI is InChI=1S/C18H18N4S/c23-18(19-15-8-9-15)20-17-10-11-22(21-17)12-14-6-3-5-13-4-1-2-7-16(13)14/h1-7,10-11,15H,8-9,12H2,(H2,19,20,21,23). The molecule has 0 radical (unpaired) electrons. The van der Waals surface area contributed by atoms with Crippen LogP contribution in [0.1, 0.15) is 18.4 Å². The highest BCUT2D eigenvalue weighted by atomic mass is 32.1. The second-order valence-corrected chi connectivity index (χ2v) is 6.32. The van der Waals surface area contributed by atoms with Gasteiger partial charge < -0.3 is 10.6 Å². The largest absolute Gasteiger partial charge is 0.360 e. The summed E-state index contributed by atoms with van der Waals surface area (Å²) in [5, 5.41) is 14.1. The van der Waals surface area contributed by atoms with E-state index in [4.69, 9.17) is 12.2 Å². The minimum atomic E-state index is 0.549. The molecular weight excluding hydrogens is 304 g/mol. The molecule has 4 rings (SSSR count). The van der Waals surface area contributed by atoms with E-state index in [9.17, 15) is 0 Å². The van der Waals surface area contributed by atoms with Crippen molar-refractivity contribution in [3.63, 3.8) is 0 Å². The van der Waals surface area contributed by atoms with E-state index in [1.807, 2.05) is 16.9 Å². The van der Waals surface area contributed by atoms with Crippen LogP contribution in [-0.2, 0) is 6.54 Å². The minimum absolute atomic E-state index is 0.549. The summed E-state index contributed by atoms with van der Waals surface area (Å²) in [7, 11) is 0. The number of anilines is 1. The number of nitrogens with one attached hydrogen (secondary N) is 2. The molecule has 1 heterocycles. The maximum atomic E-state index is 5.28. The van der Waals surface area contributed by atoms with Crippen LogP contribution in [0.2, 0.25) is 0 Å². The van der Waals surface area contributed by atoms with Crippen LogP contribution >= 0.6 is 12.2 Å². The van der Waals surface area contributed by atoms with Gasteiger partial charge >= 0.3 is 0 Å². The molecular formula is C18H18N4S. The molecule has 116 valence electrons. The van der Waals surface area contributed by atoms with Gasteiger partial charge in [0, 0.05) is 18.3 Å². The smallest absolute Gasteiger partial charge is 0.172 e. The third-order valence-electron chi connectivity index (χ3n) is 4.01. The predicted molar refractivity (Wildman–Crippen MR) is 97.7 cm³/mol. The highest BCUT2D eigenvalue weighted by Gasteiger charge is 2.21. The molecule has 2 N–H and O–H groups in total. The van der Waals surface area contributed by atoms with Crippen molar-refractivity contribution in [1.29, 1.82) is 0 Å². The molecule has 1 fully saturated rings. The van der Waals surface area contributed by atoms with E-state index in [2.05, 4.69) is 58.2 Å². The zero-order valence-electron chi connectivity index (χ0n) is 12.7. The Morgan fingerprint density at radius 1 is 1.13 bits per heavy atom. The van der Waals surface area contributed by atoms with E-state index >= 15 is 0 Å². The third kappa shape index (κ3) is 3.35. The fourth-order valence-corrected chi connectivity index (χ4v) is 2.96. The van der Waals surface area contributed by atoms with Gasteiger partial charge in [0.1, 0.15) is 0 Å². The molecule has 0 aliphatic heterocycles. The molecule has 4 nitrogen and oxygen atoms in total. The van der Waals surface area contributed by atoms with E-state index in [0.717, 1.165) is 12.4 Å². The Morgan fingerprint density at radius 2 is 1.96 bits per heavy atom. The van der Waals surface area contributed by atoms with Gasteiger partial charge in [-0.15, -0.1) is 0 Å². The fraction of sp³-hybridized carbons (Fsp3) is 0.222. The van der Waals surface area contributed by atoms with Gasteiger partial charge in [-0.1, -0.05) is 42.5 Å². The lowest BCUT2D eigenvalue weighted by atomic mass is 10.0. The normalized spacial score (nSPS) is 13.9. The van der Waals surface area contributed by atoms with Crippen LogP contribution in [0.25, 0.3) is 10.8 Å². The van der Waals surface area contributed by atoms with Crippen LogP contribution in [-0.4, -0.2) is 20.9 Å². The van der Waals surface area contributed by atoms with Crippen LogP contribution in [0, 0.1) is 0 Å². The predicted octanol–water partition coefficient (Wildman–Crippen LogP) is 3.53. The average Bonchev–Trinajstić information content (AvgIpc) is 3.26. The number of hydrogen-bond donors (Lipinski definition) is 2. The SMILES string of the molecule is S=C(Nc1ccn(Cc2cccc3ccccc23)n1)NC1CC1. The van der Waals surface area contributed by atoms with Gasteiger partial charge in [0.2, 0.25) is 0 Å². The summed E-state index contributed by atoms with van der Waals surface area (Å²) in [5.74, 6) is 0.781. The Hall–Kier alpha value is -2.40. The summed E-state index contributed by atoms with van der Waals surface area (Å²) in [4.78, 5) is 0. The van der Waals surface area contributed by atoms with Crippen molar-refractivity contribution in [1.82, 2.24) is 15.1 Å². The van der Waals surface area contributed by atoms with Crippen LogP contribution < -0.4 is 10.6 Å². The molecule has 5 heteroatoms. The Balaban J connectivity index is 1.49. The van der Waals surface area contributed by atoms with Gasteiger partial charge in [0.25, 0.3) is 0 Å². The number of fused-ring (bicyclic) bond motifs is 1. The number of aromatic nitrogens is 2. The van der Waals surface area contributed by atoms with E-state index in [0.29, 0.717) is 11.2 Å². The van der Waals surface area contributed by atoms with Crippen LogP contribution in [0.4, 0.5) is 5.82 Å². The lowest BCUT2D eigenvalue weighted by molar-refractivity contribution is 0.693. The molecule has 0 atom stereocenters. The monoisotopic (exact) mass is 322 g/mol. The Kier molecular flexibility index (Phi) is 3.71. The second kappa shape index (κ2) is 6.01. The van der Waals surface area contributed by atoms with Gasteiger partial charge in [-0.05, 0) is 41.4 Å². The molecule has 1 saturated carbocycles. The Bertz CT molecular complexity index is 846. The first-order chi connectivity index (χ1) is 11.3. The molecule has 3 aromatic rings. The number of benzene rings is 2. The van der Waals surface area contributed by atoms with E-state index in [1.54, 1.807) is 0 Å². The molecule has 2 aromatic carbocycles. The molecule has 0 saturated heterocycles. The van der Waals surface area contributed by atoms with Crippen LogP contribution in [0.5, 0.6) is 0 Å². The third-order valence-corrected chi connectivity index (χ3v) is 4.23. The fourth-order valence-electron chi connectivity index (χ4n) is 2.69. The molecule has 0 spiro atoms. The Morgan fingerprint density at radius 3 is 2.83 bits per heavy atom.